The van der Waals surface area contributed by atoms with Crippen molar-refractivity contribution in [2.24, 2.45) is 11.3 Å². The molecule has 4 N–H and O–H groups in total. The Balaban J connectivity index is 1.22. The molecule has 0 spiro atoms. The molecule has 3 amide bonds. The molecule has 3 aromatic rings. The van der Waals surface area contributed by atoms with Crippen molar-refractivity contribution in [1.29, 1.82) is 0 Å². The van der Waals surface area contributed by atoms with Crippen LogP contribution in [-0.2, 0) is 28.9 Å². The number of nitrogens with zero attached hydrogens (tertiary/aromatic N) is 2. The van der Waals surface area contributed by atoms with Gasteiger partial charge in [-0.3, -0.25) is 14.2 Å². The van der Waals surface area contributed by atoms with Crippen molar-refractivity contribution in [2.75, 3.05) is 13.7 Å². The van der Waals surface area contributed by atoms with Crippen molar-refractivity contribution in [3.8, 4) is 22.8 Å². The van der Waals surface area contributed by atoms with Crippen molar-refractivity contribution in [2.45, 2.75) is 107 Å². The van der Waals surface area contributed by atoms with E-state index in [1.54, 1.807) is 46.1 Å². The fraction of sp³-hybridized carbons (Fsp3) is 0.512. The summed E-state index contributed by atoms with van der Waals surface area (Å²) in [6, 6.07) is 14.3. The minimum Gasteiger partial charge on any atom is -0.497 e. The number of hydrogen-bond acceptors (Lipinski definition) is 10. The summed E-state index contributed by atoms with van der Waals surface area (Å²) in [5.74, 6) is -1.06. The van der Waals surface area contributed by atoms with Gasteiger partial charge in [-0.2, -0.15) is 0 Å². The zero-order chi connectivity index (χ0) is 41.6. The van der Waals surface area contributed by atoms with Gasteiger partial charge in [0, 0.05) is 35.4 Å². The van der Waals surface area contributed by atoms with Crippen LogP contribution in [0.4, 0.5) is 4.79 Å². The van der Waals surface area contributed by atoms with Gasteiger partial charge in [0.15, 0.2) is 0 Å². The van der Waals surface area contributed by atoms with Crippen molar-refractivity contribution in [3.63, 3.8) is 0 Å². The zero-order valence-corrected chi connectivity index (χ0v) is 34.9. The van der Waals surface area contributed by atoms with E-state index < -0.39 is 75.5 Å². The number of alkyl carbamates (subject to hydrolysis) is 1. The van der Waals surface area contributed by atoms with Gasteiger partial charge in [0.05, 0.1) is 30.1 Å². The number of nitrogens with one attached hydrogen (secondary N) is 3. The van der Waals surface area contributed by atoms with E-state index in [0.29, 0.717) is 40.9 Å². The highest BCUT2D eigenvalue weighted by Crippen LogP contribution is 2.68. The van der Waals surface area contributed by atoms with Crippen LogP contribution in [0.1, 0.15) is 72.1 Å². The van der Waals surface area contributed by atoms with E-state index in [-0.39, 0.29) is 25.5 Å². The number of methoxy groups -OCH3 is 1. The molecule has 0 radical (unpaired) electrons. The molecule has 1 unspecified atom stereocenters. The molecule has 2 heterocycles. The molecule has 2 aromatic carbocycles. The second-order valence-electron chi connectivity index (χ2n) is 16.9. The normalized spacial score (nSPS) is 25.1. The molecule has 1 saturated heterocycles. The summed E-state index contributed by atoms with van der Waals surface area (Å²) in [7, 11) is -7.39. The molecule has 4 aliphatic rings. The lowest BCUT2D eigenvalue weighted by molar-refractivity contribution is -0.142. The Bertz CT molecular complexity index is 2240. The standard InChI is InChI=1S/C41H52N5O10PS/c1-6-26-23-41(26,57(50,51)45-58(52,53)30-17-18-30)44-37(47)34-21-29(24-46(34)38(48)36(40(2,3)4)43-39(49)56-27-14-10-11-15-27)55-35-22-32(25-12-8-7-9-13-25)42-33-20-28(54-5)16-19-31(33)35/h6-9,12-13,16,19-20,22,26-27,29-30,34,36H,1,10-11,14-15,17-18,21,23-24H2,2-5H3,(H,43,49)(H,44,47)(H2,45,50,51)/t26-,29-,34+,36-,41+/m1/s1. The largest absolute Gasteiger partial charge is 0.497 e. The van der Waals surface area contributed by atoms with Crippen LogP contribution < -0.4 is 24.6 Å². The first-order valence-corrected chi connectivity index (χ1v) is 22.9. The van der Waals surface area contributed by atoms with Crippen LogP contribution >= 0.6 is 7.52 Å². The highest BCUT2D eigenvalue weighted by molar-refractivity contribution is 7.96. The van der Waals surface area contributed by atoms with Crippen LogP contribution in [0.2, 0.25) is 0 Å². The molecule has 58 heavy (non-hydrogen) atoms. The van der Waals surface area contributed by atoms with Gasteiger partial charge >= 0.3 is 13.6 Å². The summed E-state index contributed by atoms with van der Waals surface area (Å²) in [5, 5.41) is 3.48. The number of ether oxygens (including phenoxy) is 3. The number of pyridine rings is 1. The number of sulfonamides is 1. The van der Waals surface area contributed by atoms with Crippen LogP contribution in [0.5, 0.6) is 11.5 Å². The van der Waals surface area contributed by atoms with E-state index in [1.807, 2.05) is 40.9 Å². The highest BCUT2D eigenvalue weighted by atomic mass is 32.2. The summed E-state index contributed by atoms with van der Waals surface area (Å²) >= 11 is 0. The van der Waals surface area contributed by atoms with E-state index in [0.717, 1.165) is 31.2 Å². The minimum absolute atomic E-state index is 0.0417. The fourth-order valence-electron chi connectivity index (χ4n) is 7.96. The molecule has 7 rings (SSSR count). The van der Waals surface area contributed by atoms with Gasteiger partial charge in [-0.1, -0.05) is 57.2 Å². The van der Waals surface area contributed by atoms with Crippen LogP contribution in [-0.4, -0.2) is 89.6 Å². The Morgan fingerprint density at radius 1 is 1.05 bits per heavy atom. The van der Waals surface area contributed by atoms with E-state index in [1.165, 1.54) is 11.0 Å². The van der Waals surface area contributed by atoms with Crippen molar-refractivity contribution in [3.05, 3.63) is 67.3 Å². The molecular weight excluding hydrogens is 786 g/mol. The van der Waals surface area contributed by atoms with Crippen LogP contribution in [0.25, 0.3) is 22.2 Å². The van der Waals surface area contributed by atoms with E-state index in [2.05, 4.69) is 17.2 Å². The number of amides is 3. The number of likely N-dealkylation sites (tertiary alicyclic amines) is 1. The second-order valence-corrected chi connectivity index (χ2v) is 21.3. The first-order chi connectivity index (χ1) is 27.4. The highest BCUT2D eigenvalue weighted by Gasteiger charge is 2.68. The molecule has 1 aromatic heterocycles. The number of benzene rings is 2. The average molecular weight is 838 g/mol. The van der Waals surface area contributed by atoms with E-state index in [4.69, 9.17) is 19.2 Å². The molecular formula is C41H52N5O10PS. The number of hydrogen-bond donors (Lipinski definition) is 4. The van der Waals surface area contributed by atoms with Crippen LogP contribution in [0.15, 0.2) is 67.3 Å². The van der Waals surface area contributed by atoms with Gasteiger partial charge in [-0.15, -0.1) is 11.1 Å². The Labute approximate surface area is 338 Å². The van der Waals surface area contributed by atoms with Crippen LogP contribution in [0, 0.1) is 11.3 Å². The summed E-state index contributed by atoms with van der Waals surface area (Å²) in [6.45, 7) is 9.02. The third-order valence-corrected chi connectivity index (χ3v) is 16.6. The summed E-state index contributed by atoms with van der Waals surface area (Å²) in [5.41, 5.74) is 1.20. The van der Waals surface area contributed by atoms with E-state index >= 15 is 0 Å². The summed E-state index contributed by atoms with van der Waals surface area (Å²) in [6.07, 6.45) is 3.62. The summed E-state index contributed by atoms with van der Waals surface area (Å²) < 4.78 is 59.5. The molecule has 15 nitrogen and oxygen atoms in total. The average Bonchev–Trinajstić information content (AvgIpc) is 4.06. The lowest BCUT2D eigenvalue weighted by Gasteiger charge is -2.35. The predicted octanol–water partition coefficient (Wildman–Crippen LogP) is 5.63. The molecule has 6 atom stereocenters. The molecule has 17 heteroatoms. The van der Waals surface area contributed by atoms with Crippen molar-refractivity contribution >= 4 is 46.4 Å². The molecule has 3 saturated carbocycles. The van der Waals surface area contributed by atoms with Gasteiger partial charge in [0.2, 0.25) is 21.8 Å². The Morgan fingerprint density at radius 3 is 2.38 bits per heavy atom. The third kappa shape index (κ3) is 8.61. The van der Waals surface area contributed by atoms with Gasteiger partial charge in [0.25, 0.3) is 0 Å². The first kappa shape index (κ1) is 41.7. The lowest BCUT2D eigenvalue weighted by Crippen LogP contribution is -2.59. The maximum absolute atomic E-state index is 14.8. The van der Waals surface area contributed by atoms with Gasteiger partial charge < -0.3 is 34.6 Å². The molecule has 1 aliphatic heterocycles. The monoisotopic (exact) mass is 837 g/mol. The molecule has 3 aliphatic carbocycles. The van der Waals surface area contributed by atoms with Crippen molar-refractivity contribution in [1.82, 2.24) is 25.0 Å². The number of rotatable bonds is 14. The second kappa shape index (κ2) is 15.9. The molecule has 4 fully saturated rings. The maximum atomic E-state index is 14.8. The smallest absolute Gasteiger partial charge is 0.408 e. The van der Waals surface area contributed by atoms with Crippen molar-refractivity contribution < 1.29 is 46.5 Å². The Morgan fingerprint density at radius 2 is 1.76 bits per heavy atom. The number of aromatic nitrogens is 1. The predicted molar refractivity (Wildman–Crippen MR) is 217 cm³/mol. The maximum Gasteiger partial charge on any atom is 0.408 e. The fourth-order valence-corrected chi connectivity index (χ4v) is 12.6. The topological polar surface area (TPSA) is 203 Å². The van der Waals surface area contributed by atoms with Gasteiger partial charge in [0.1, 0.15) is 41.1 Å². The van der Waals surface area contributed by atoms with Crippen LogP contribution in [0.3, 0.4) is 0 Å². The number of carbonyl (C=O) groups excluding carboxylic acids is 3. The molecule has 0 bridgehead atoms. The summed E-state index contributed by atoms with van der Waals surface area (Å²) in [4.78, 5) is 60.0. The SMILES string of the molecule is C=C[C@@H]1C[C@]1(NC(=O)[C@@H]1C[C@@H](Oc2cc(-c3ccccc3)nc3cc(OC)ccc23)CN1C(=O)[C@@H](NC(=O)OC1CCCC1)C(C)(C)C)P(=O)(O)NS(=O)(=O)C1CC1. The van der Waals surface area contributed by atoms with Gasteiger partial charge in [-0.05, 0) is 62.5 Å². The first-order valence-electron chi connectivity index (χ1n) is 19.7. The lowest BCUT2D eigenvalue weighted by atomic mass is 9.85. The zero-order valence-electron chi connectivity index (χ0n) is 33.2. The number of fused-ring (bicyclic) bond motifs is 1. The number of carbonyl (C=O) groups is 3. The minimum atomic E-state index is -4.82. The van der Waals surface area contributed by atoms with Gasteiger partial charge in [-0.25, -0.2) is 18.2 Å². The van der Waals surface area contributed by atoms with E-state index in [9.17, 15) is 32.3 Å². The Hall–Kier alpha value is -4.50. The Kier molecular flexibility index (Phi) is 11.4. The molecule has 312 valence electrons. The third-order valence-electron chi connectivity index (χ3n) is 11.5. The quantitative estimate of drug-likeness (QED) is 0.116.